The van der Waals surface area contributed by atoms with Crippen molar-refractivity contribution in [1.29, 1.82) is 0 Å². The smallest absolute Gasteiger partial charge is 0.369 e. The van der Waals surface area contributed by atoms with Crippen LogP contribution in [0.25, 0.3) is 0 Å². The first-order valence-electron chi connectivity index (χ1n) is 4.72. The van der Waals surface area contributed by atoms with Gasteiger partial charge in [-0.05, 0) is 20.8 Å². The van der Waals surface area contributed by atoms with Crippen LogP contribution in [0.3, 0.4) is 0 Å². The Balaban J connectivity index is 4.54. The van der Waals surface area contributed by atoms with E-state index < -0.39 is 18.4 Å². The summed E-state index contributed by atoms with van der Waals surface area (Å²) in [6, 6.07) is 0. The van der Waals surface area contributed by atoms with Crippen LogP contribution < -0.4 is 0 Å². The summed E-state index contributed by atoms with van der Waals surface area (Å²) in [5.74, 6) is -2.34. The van der Waals surface area contributed by atoms with Gasteiger partial charge in [-0.15, -0.1) is 0 Å². The van der Waals surface area contributed by atoms with Crippen molar-refractivity contribution >= 4 is 5.97 Å². The molecule has 1 N–H and O–H groups in total. The quantitative estimate of drug-likeness (QED) is 0.479. The molecule has 0 heterocycles. The molecule has 0 aromatic rings. The molecule has 0 aromatic carbocycles. The van der Waals surface area contributed by atoms with Crippen LogP contribution in [0, 0.1) is 0 Å². The van der Waals surface area contributed by atoms with Gasteiger partial charge in [0.15, 0.2) is 0 Å². The minimum Gasteiger partial charge on any atom is -0.462 e. The fraction of sp³-hybridized carbons (Fsp3) is 0.889. The summed E-state index contributed by atoms with van der Waals surface area (Å²) in [6.07, 6.45) is 0. The molecule has 5 heteroatoms. The fourth-order valence-corrected chi connectivity index (χ4v) is 1.02. The van der Waals surface area contributed by atoms with E-state index in [1.807, 2.05) is 0 Å². The maximum Gasteiger partial charge on any atom is 0.369 e. The van der Waals surface area contributed by atoms with Gasteiger partial charge in [0.05, 0.1) is 6.61 Å². The second kappa shape index (κ2) is 6.75. The van der Waals surface area contributed by atoms with Gasteiger partial charge < -0.3 is 19.3 Å². The molecule has 0 bridgehead atoms. The topological polar surface area (TPSA) is 65.0 Å². The summed E-state index contributed by atoms with van der Waals surface area (Å²) in [5, 5.41) is 9.08. The number of esters is 1. The van der Waals surface area contributed by atoms with Crippen LogP contribution in [0.4, 0.5) is 0 Å². The maximum absolute atomic E-state index is 11.4. The molecule has 0 amide bonds. The Bertz CT molecular complexity index is 163. The predicted molar refractivity (Wildman–Crippen MR) is 49.7 cm³/mol. The van der Waals surface area contributed by atoms with E-state index in [-0.39, 0.29) is 19.8 Å². The van der Waals surface area contributed by atoms with Gasteiger partial charge in [-0.2, -0.15) is 0 Å². The predicted octanol–water partition coefficient (Wildman–Crippen LogP) is 0.311. The SMILES string of the molecule is CCOC(=O)C(CO)(OCC)OCC. The zero-order valence-corrected chi connectivity index (χ0v) is 8.91. The van der Waals surface area contributed by atoms with Crippen LogP contribution in [0.15, 0.2) is 0 Å². The van der Waals surface area contributed by atoms with E-state index in [1.165, 1.54) is 0 Å². The molecule has 0 fully saturated rings. The van der Waals surface area contributed by atoms with Gasteiger partial charge in [0.2, 0.25) is 0 Å². The minimum absolute atomic E-state index is 0.223. The fourth-order valence-electron chi connectivity index (χ4n) is 1.02. The largest absolute Gasteiger partial charge is 0.462 e. The van der Waals surface area contributed by atoms with Crippen molar-refractivity contribution in [3.8, 4) is 0 Å². The van der Waals surface area contributed by atoms with Crippen molar-refractivity contribution in [2.75, 3.05) is 26.4 Å². The molecule has 0 spiro atoms. The van der Waals surface area contributed by atoms with Gasteiger partial charge in [-0.25, -0.2) is 4.79 Å². The first-order chi connectivity index (χ1) is 6.66. The molecule has 0 saturated heterocycles. The van der Waals surface area contributed by atoms with Crippen molar-refractivity contribution in [2.45, 2.75) is 26.6 Å². The Morgan fingerprint density at radius 3 is 1.93 bits per heavy atom. The van der Waals surface area contributed by atoms with Crippen molar-refractivity contribution in [2.24, 2.45) is 0 Å². The Morgan fingerprint density at radius 1 is 1.14 bits per heavy atom. The second-order valence-corrected chi connectivity index (χ2v) is 2.50. The molecule has 14 heavy (non-hydrogen) atoms. The van der Waals surface area contributed by atoms with E-state index >= 15 is 0 Å². The zero-order chi connectivity index (χ0) is 11.0. The van der Waals surface area contributed by atoms with Crippen LogP contribution in [-0.2, 0) is 19.0 Å². The third kappa shape index (κ3) is 3.25. The van der Waals surface area contributed by atoms with Crippen molar-refractivity contribution in [3.05, 3.63) is 0 Å². The van der Waals surface area contributed by atoms with Crippen LogP contribution in [-0.4, -0.2) is 43.3 Å². The zero-order valence-electron chi connectivity index (χ0n) is 8.91. The standard InChI is InChI=1S/C9H18O5/c1-4-12-8(11)9(7-10,13-5-2)14-6-3/h10H,4-7H2,1-3H3. The highest BCUT2D eigenvalue weighted by Crippen LogP contribution is 2.15. The molecule has 0 radical (unpaired) electrons. The lowest BCUT2D eigenvalue weighted by Gasteiger charge is -2.28. The minimum atomic E-state index is -1.65. The first kappa shape index (κ1) is 13.4. The first-order valence-corrected chi connectivity index (χ1v) is 4.72. The van der Waals surface area contributed by atoms with Crippen molar-refractivity contribution < 1.29 is 24.1 Å². The highest BCUT2D eigenvalue weighted by molar-refractivity contribution is 5.78. The summed E-state index contributed by atoms with van der Waals surface area (Å²) in [4.78, 5) is 11.4. The molecular formula is C9H18O5. The summed E-state index contributed by atoms with van der Waals surface area (Å²) in [6.45, 7) is 5.30. The molecule has 0 aromatic heterocycles. The number of hydrogen-bond acceptors (Lipinski definition) is 5. The molecule has 0 atom stereocenters. The van der Waals surface area contributed by atoms with E-state index in [2.05, 4.69) is 0 Å². The van der Waals surface area contributed by atoms with Crippen LogP contribution in [0.2, 0.25) is 0 Å². The van der Waals surface area contributed by atoms with Crippen LogP contribution in [0.5, 0.6) is 0 Å². The van der Waals surface area contributed by atoms with Crippen LogP contribution in [0.1, 0.15) is 20.8 Å². The Hall–Kier alpha value is -0.650. The monoisotopic (exact) mass is 206 g/mol. The normalized spacial score (nSPS) is 11.4. The number of rotatable bonds is 7. The second-order valence-electron chi connectivity index (χ2n) is 2.50. The van der Waals surface area contributed by atoms with Gasteiger partial charge >= 0.3 is 5.97 Å². The molecular weight excluding hydrogens is 188 g/mol. The Kier molecular flexibility index (Phi) is 6.44. The lowest BCUT2D eigenvalue weighted by molar-refractivity contribution is -0.257. The van der Waals surface area contributed by atoms with E-state index in [4.69, 9.17) is 19.3 Å². The van der Waals surface area contributed by atoms with E-state index in [0.29, 0.717) is 0 Å². The summed E-state index contributed by atoms with van der Waals surface area (Å²) >= 11 is 0. The molecule has 0 aliphatic carbocycles. The van der Waals surface area contributed by atoms with E-state index in [1.54, 1.807) is 20.8 Å². The molecule has 5 nitrogen and oxygen atoms in total. The Morgan fingerprint density at radius 2 is 1.64 bits per heavy atom. The van der Waals surface area contributed by atoms with Gasteiger partial charge in [-0.1, -0.05) is 0 Å². The highest BCUT2D eigenvalue weighted by Gasteiger charge is 2.41. The summed E-state index contributed by atoms with van der Waals surface area (Å²) < 4.78 is 14.9. The average molecular weight is 206 g/mol. The lowest BCUT2D eigenvalue weighted by atomic mass is 10.3. The summed E-state index contributed by atoms with van der Waals surface area (Å²) in [5.41, 5.74) is 0. The average Bonchev–Trinajstić information content (AvgIpc) is 2.17. The Labute approximate surface area is 84.0 Å². The number of hydrogen-bond donors (Lipinski definition) is 1. The van der Waals surface area contributed by atoms with Crippen molar-refractivity contribution in [1.82, 2.24) is 0 Å². The molecule has 0 saturated carbocycles. The number of ether oxygens (including phenoxy) is 3. The number of aliphatic hydroxyl groups is 1. The third-order valence-corrected chi connectivity index (χ3v) is 1.55. The van der Waals surface area contributed by atoms with E-state index in [0.717, 1.165) is 0 Å². The van der Waals surface area contributed by atoms with E-state index in [9.17, 15) is 4.79 Å². The van der Waals surface area contributed by atoms with Crippen LogP contribution >= 0.6 is 0 Å². The molecule has 0 unspecified atom stereocenters. The third-order valence-electron chi connectivity index (χ3n) is 1.55. The van der Waals surface area contributed by atoms with Crippen molar-refractivity contribution in [3.63, 3.8) is 0 Å². The van der Waals surface area contributed by atoms with Gasteiger partial charge in [0, 0.05) is 13.2 Å². The van der Waals surface area contributed by atoms with Gasteiger partial charge in [-0.3, -0.25) is 0 Å². The summed E-state index contributed by atoms with van der Waals surface area (Å²) in [7, 11) is 0. The number of carbonyl (C=O) groups excluding carboxylic acids is 1. The molecule has 0 aliphatic rings. The molecule has 0 rings (SSSR count). The highest BCUT2D eigenvalue weighted by atomic mass is 16.7. The number of aliphatic hydroxyl groups excluding tert-OH is 1. The maximum atomic E-state index is 11.4. The van der Waals surface area contributed by atoms with Gasteiger partial charge in [0.1, 0.15) is 6.61 Å². The van der Waals surface area contributed by atoms with Gasteiger partial charge in [0.25, 0.3) is 5.79 Å². The number of carbonyl (C=O) groups is 1. The molecule has 0 aliphatic heterocycles. The lowest BCUT2D eigenvalue weighted by Crippen LogP contribution is -2.49. The molecule has 84 valence electrons.